The molecule has 0 radical (unpaired) electrons. The van der Waals surface area contributed by atoms with Crippen molar-refractivity contribution in [3.63, 3.8) is 0 Å². The Morgan fingerprint density at radius 3 is 2.50 bits per heavy atom. The maximum Gasteiger partial charge on any atom is 0.225 e. The van der Waals surface area contributed by atoms with Crippen molar-refractivity contribution >= 4 is 34.9 Å². The van der Waals surface area contributed by atoms with E-state index >= 15 is 0 Å². The Labute approximate surface area is 162 Å². The summed E-state index contributed by atoms with van der Waals surface area (Å²) in [5, 5.41) is 4.19. The van der Waals surface area contributed by atoms with Gasteiger partial charge < -0.3 is 5.32 Å². The minimum Gasteiger partial charge on any atom is -0.329 e. The number of Topliss-reactive ketones (excluding diaryl/α,β-unsaturated/α-hetero) is 1. The first-order chi connectivity index (χ1) is 12.5. The van der Waals surface area contributed by atoms with Gasteiger partial charge in [0.15, 0.2) is 5.78 Å². The number of carbonyl (C=O) groups is 2. The standard InChI is InChI=1S/C21H17Cl2NO2/c22-14-5-3-4-12(8-14)16-11-20(26)24-18-9-13(10-19(25)21(16)18)15-6-1-2-7-17(15)23/h1-8,13,16H,9-11H2,(H,24,26)/t13-,16-/m0/s1. The molecule has 1 heterocycles. The van der Waals surface area contributed by atoms with Gasteiger partial charge in [0.2, 0.25) is 5.91 Å². The molecule has 0 aromatic heterocycles. The molecule has 0 spiro atoms. The van der Waals surface area contributed by atoms with Crippen molar-refractivity contribution in [1.29, 1.82) is 0 Å². The van der Waals surface area contributed by atoms with Crippen LogP contribution in [0.5, 0.6) is 0 Å². The highest BCUT2D eigenvalue weighted by Gasteiger charge is 2.38. The first kappa shape index (κ1) is 17.3. The average Bonchev–Trinajstić information content (AvgIpc) is 2.61. The molecular weight excluding hydrogens is 369 g/mol. The zero-order valence-electron chi connectivity index (χ0n) is 14.0. The Morgan fingerprint density at radius 2 is 1.73 bits per heavy atom. The molecule has 2 atom stereocenters. The molecule has 2 aliphatic rings. The first-order valence-electron chi connectivity index (χ1n) is 8.59. The highest BCUT2D eigenvalue weighted by Crippen LogP contribution is 2.43. The van der Waals surface area contributed by atoms with Crippen LogP contribution in [-0.4, -0.2) is 11.7 Å². The lowest BCUT2D eigenvalue weighted by molar-refractivity contribution is -0.122. The molecule has 4 rings (SSSR count). The number of ketones is 1. The monoisotopic (exact) mass is 385 g/mol. The summed E-state index contributed by atoms with van der Waals surface area (Å²) in [5.41, 5.74) is 3.31. The van der Waals surface area contributed by atoms with Crippen LogP contribution in [-0.2, 0) is 9.59 Å². The van der Waals surface area contributed by atoms with Crippen LogP contribution >= 0.6 is 23.2 Å². The summed E-state index contributed by atoms with van der Waals surface area (Å²) < 4.78 is 0. The second-order valence-electron chi connectivity index (χ2n) is 6.80. The minimum absolute atomic E-state index is 0.0200. The molecule has 1 amide bonds. The molecule has 2 aromatic rings. The fourth-order valence-corrected chi connectivity index (χ4v) is 4.48. The van der Waals surface area contributed by atoms with Gasteiger partial charge in [0.05, 0.1) is 0 Å². The van der Waals surface area contributed by atoms with Crippen molar-refractivity contribution in [3.8, 4) is 0 Å². The van der Waals surface area contributed by atoms with Crippen LogP contribution in [0.25, 0.3) is 0 Å². The Balaban J connectivity index is 1.74. The van der Waals surface area contributed by atoms with E-state index in [1.807, 2.05) is 42.5 Å². The summed E-state index contributed by atoms with van der Waals surface area (Å²) in [6.07, 6.45) is 1.27. The van der Waals surface area contributed by atoms with Gasteiger partial charge in [-0.2, -0.15) is 0 Å². The normalized spacial score (nSPS) is 22.8. The average molecular weight is 386 g/mol. The lowest BCUT2D eigenvalue weighted by Gasteiger charge is -2.34. The van der Waals surface area contributed by atoms with E-state index in [0.717, 1.165) is 22.4 Å². The molecule has 0 bridgehead atoms. The number of hydrogen-bond acceptors (Lipinski definition) is 2. The van der Waals surface area contributed by atoms with Gasteiger partial charge in [0.1, 0.15) is 0 Å². The fourth-order valence-electron chi connectivity index (χ4n) is 3.99. The number of nitrogens with one attached hydrogen (secondary N) is 1. The van der Waals surface area contributed by atoms with E-state index in [9.17, 15) is 9.59 Å². The lowest BCUT2D eigenvalue weighted by atomic mass is 9.73. The Morgan fingerprint density at radius 1 is 0.923 bits per heavy atom. The van der Waals surface area contributed by atoms with E-state index in [1.165, 1.54) is 0 Å². The van der Waals surface area contributed by atoms with Crippen LogP contribution < -0.4 is 5.32 Å². The summed E-state index contributed by atoms with van der Waals surface area (Å²) in [4.78, 5) is 25.3. The minimum atomic E-state index is -0.239. The van der Waals surface area contributed by atoms with E-state index in [1.54, 1.807) is 6.07 Å². The molecule has 1 aliphatic heterocycles. The zero-order chi connectivity index (χ0) is 18.3. The largest absolute Gasteiger partial charge is 0.329 e. The number of rotatable bonds is 2. The van der Waals surface area contributed by atoms with Crippen molar-refractivity contribution in [2.45, 2.75) is 31.1 Å². The molecule has 2 aromatic carbocycles. The first-order valence-corrected chi connectivity index (χ1v) is 9.34. The van der Waals surface area contributed by atoms with Gasteiger partial charge in [-0.3, -0.25) is 9.59 Å². The van der Waals surface area contributed by atoms with Crippen LogP contribution in [0.4, 0.5) is 0 Å². The topological polar surface area (TPSA) is 46.2 Å². The predicted octanol–water partition coefficient (Wildman–Crippen LogP) is 5.00. The highest BCUT2D eigenvalue weighted by atomic mass is 35.5. The Kier molecular flexibility index (Phi) is 4.60. The van der Waals surface area contributed by atoms with Crippen LogP contribution in [0.15, 0.2) is 59.8 Å². The summed E-state index contributed by atoms with van der Waals surface area (Å²) in [6.45, 7) is 0. The van der Waals surface area contributed by atoms with Gasteiger partial charge in [0, 0.05) is 40.1 Å². The number of amides is 1. The van der Waals surface area contributed by atoms with E-state index in [4.69, 9.17) is 23.2 Å². The number of carbonyl (C=O) groups excluding carboxylic acids is 2. The van der Waals surface area contributed by atoms with Crippen molar-refractivity contribution < 1.29 is 9.59 Å². The maximum absolute atomic E-state index is 13.0. The van der Waals surface area contributed by atoms with Crippen LogP contribution in [0, 0.1) is 0 Å². The van der Waals surface area contributed by atoms with Crippen molar-refractivity contribution in [1.82, 2.24) is 5.32 Å². The van der Waals surface area contributed by atoms with Crippen LogP contribution in [0.2, 0.25) is 10.0 Å². The molecule has 3 nitrogen and oxygen atoms in total. The van der Waals surface area contributed by atoms with Crippen LogP contribution in [0.3, 0.4) is 0 Å². The third kappa shape index (κ3) is 3.17. The Hall–Kier alpha value is -2.10. The van der Waals surface area contributed by atoms with Gasteiger partial charge >= 0.3 is 0 Å². The number of halogens is 2. The molecule has 1 N–H and O–H groups in total. The van der Waals surface area contributed by atoms with E-state index in [2.05, 4.69) is 5.32 Å². The summed E-state index contributed by atoms with van der Waals surface area (Å²) in [5.74, 6) is -0.256. The van der Waals surface area contributed by atoms with Gasteiger partial charge in [-0.05, 0) is 41.7 Å². The fraction of sp³-hybridized carbons (Fsp3) is 0.238. The second kappa shape index (κ2) is 6.90. The zero-order valence-corrected chi connectivity index (χ0v) is 15.5. The number of allylic oxidation sites excluding steroid dienone is 2. The molecular formula is C21H17Cl2NO2. The molecule has 0 fully saturated rings. The molecule has 1 aliphatic carbocycles. The van der Waals surface area contributed by atoms with Crippen molar-refractivity contribution in [2.75, 3.05) is 0 Å². The molecule has 26 heavy (non-hydrogen) atoms. The third-order valence-electron chi connectivity index (χ3n) is 5.13. The van der Waals surface area contributed by atoms with E-state index in [-0.39, 0.29) is 29.9 Å². The molecule has 0 saturated carbocycles. The summed E-state index contributed by atoms with van der Waals surface area (Å²) in [6, 6.07) is 15.0. The van der Waals surface area contributed by atoms with E-state index in [0.29, 0.717) is 22.9 Å². The predicted molar refractivity (Wildman–Crippen MR) is 102 cm³/mol. The quantitative estimate of drug-likeness (QED) is 0.790. The van der Waals surface area contributed by atoms with Gasteiger partial charge in [-0.1, -0.05) is 53.5 Å². The van der Waals surface area contributed by atoms with Gasteiger partial charge in [0.25, 0.3) is 0 Å². The molecule has 0 unspecified atom stereocenters. The lowest BCUT2D eigenvalue weighted by Crippen LogP contribution is -2.38. The second-order valence-corrected chi connectivity index (χ2v) is 7.65. The van der Waals surface area contributed by atoms with Crippen LogP contribution in [0.1, 0.15) is 42.2 Å². The molecule has 132 valence electrons. The van der Waals surface area contributed by atoms with E-state index < -0.39 is 0 Å². The maximum atomic E-state index is 13.0. The number of benzene rings is 2. The number of hydrogen-bond donors (Lipinski definition) is 1. The molecule has 0 saturated heterocycles. The third-order valence-corrected chi connectivity index (χ3v) is 5.71. The molecule has 5 heteroatoms. The SMILES string of the molecule is O=C1C[C@@H](c2cccc(Cl)c2)C2=C(C[C@H](c3ccccc3Cl)CC2=O)N1. The van der Waals surface area contributed by atoms with Gasteiger partial charge in [-0.25, -0.2) is 0 Å². The summed E-state index contributed by atoms with van der Waals surface area (Å²) >= 11 is 12.4. The highest BCUT2D eigenvalue weighted by molar-refractivity contribution is 6.31. The van der Waals surface area contributed by atoms with Crippen molar-refractivity contribution in [2.24, 2.45) is 0 Å². The smallest absolute Gasteiger partial charge is 0.225 e. The van der Waals surface area contributed by atoms with Gasteiger partial charge in [-0.15, -0.1) is 0 Å². The summed E-state index contributed by atoms with van der Waals surface area (Å²) in [7, 11) is 0. The van der Waals surface area contributed by atoms with Crippen molar-refractivity contribution in [3.05, 3.63) is 81.0 Å². The Bertz CT molecular complexity index is 935.